The zero-order valence-corrected chi connectivity index (χ0v) is 15.1. The Morgan fingerprint density at radius 2 is 2.04 bits per heavy atom. The maximum absolute atomic E-state index is 10.4. The Labute approximate surface area is 150 Å². The molecule has 2 N–H and O–H groups in total. The second-order valence-electron chi connectivity index (χ2n) is 7.15. The molecule has 0 amide bonds. The third-order valence-corrected chi connectivity index (χ3v) is 4.86. The fraction of sp³-hybridized carbons (Fsp3) is 0.600. The third-order valence-electron chi connectivity index (χ3n) is 4.86. The molecule has 0 spiro atoms. The predicted molar refractivity (Wildman–Crippen MR) is 95.9 cm³/mol. The minimum atomic E-state index is -0.807. The number of hydrogen-bond acceptors (Lipinski definition) is 5. The highest BCUT2D eigenvalue weighted by molar-refractivity contribution is 5.13. The van der Waals surface area contributed by atoms with E-state index in [1.807, 2.05) is 44.2 Å². The Hall–Kier alpha value is -1.24. The molecule has 0 aromatic heterocycles. The summed E-state index contributed by atoms with van der Waals surface area (Å²) in [6.45, 7) is 8.36. The molecule has 1 heterocycles. The van der Waals surface area contributed by atoms with E-state index in [2.05, 4.69) is 6.58 Å². The second kappa shape index (κ2) is 9.46. The molecule has 140 valence electrons. The van der Waals surface area contributed by atoms with E-state index in [0.29, 0.717) is 19.4 Å². The molecule has 2 rings (SSSR count). The van der Waals surface area contributed by atoms with E-state index in [-0.39, 0.29) is 24.9 Å². The first kappa shape index (κ1) is 20.1. The van der Waals surface area contributed by atoms with Crippen molar-refractivity contribution in [3.05, 3.63) is 48.6 Å². The van der Waals surface area contributed by atoms with Crippen LogP contribution in [0, 0.1) is 5.41 Å². The summed E-state index contributed by atoms with van der Waals surface area (Å²) in [5.41, 5.74) is 0.698. The van der Waals surface area contributed by atoms with Crippen LogP contribution in [0.3, 0.4) is 0 Å². The van der Waals surface area contributed by atoms with E-state index < -0.39 is 18.3 Å². The Bertz CT molecular complexity index is 516. The van der Waals surface area contributed by atoms with Crippen molar-refractivity contribution in [2.75, 3.05) is 13.4 Å². The molecule has 1 aromatic rings. The van der Waals surface area contributed by atoms with Gasteiger partial charge in [-0.25, -0.2) is 0 Å². The maximum Gasteiger partial charge on any atom is 0.147 e. The van der Waals surface area contributed by atoms with E-state index in [4.69, 9.17) is 14.2 Å². The van der Waals surface area contributed by atoms with E-state index >= 15 is 0 Å². The lowest BCUT2D eigenvalue weighted by molar-refractivity contribution is -0.207. The largest absolute Gasteiger partial charge is 0.392 e. The van der Waals surface area contributed by atoms with Crippen molar-refractivity contribution in [1.82, 2.24) is 0 Å². The van der Waals surface area contributed by atoms with Gasteiger partial charge in [-0.2, -0.15) is 0 Å². The number of aliphatic hydroxyl groups is 2. The quantitative estimate of drug-likeness (QED) is 0.407. The summed E-state index contributed by atoms with van der Waals surface area (Å²) in [6, 6.07) is 9.82. The van der Waals surface area contributed by atoms with Gasteiger partial charge in [0.25, 0.3) is 0 Å². The van der Waals surface area contributed by atoms with Gasteiger partial charge in [0.2, 0.25) is 0 Å². The van der Waals surface area contributed by atoms with Gasteiger partial charge in [0.05, 0.1) is 31.5 Å². The van der Waals surface area contributed by atoms with Crippen molar-refractivity contribution in [2.45, 2.75) is 57.7 Å². The molecule has 1 aliphatic rings. The molecule has 4 atom stereocenters. The summed E-state index contributed by atoms with van der Waals surface area (Å²) >= 11 is 0. The van der Waals surface area contributed by atoms with Gasteiger partial charge in [-0.3, -0.25) is 0 Å². The van der Waals surface area contributed by atoms with Crippen molar-refractivity contribution >= 4 is 0 Å². The Kier molecular flexibility index (Phi) is 7.59. The van der Waals surface area contributed by atoms with Gasteiger partial charge in [0.15, 0.2) is 0 Å². The predicted octanol–water partition coefficient (Wildman–Crippen LogP) is 2.66. The highest BCUT2D eigenvalue weighted by atomic mass is 16.7. The molecule has 0 aliphatic carbocycles. The Morgan fingerprint density at radius 3 is 2.72 bits per heavy atom. The fourth-order valence-electron chi connectivity index (χ4n) is 3.01. The zero-order valence-electron chi connectivity index (χ0n) is 15.1. The molecule has 1 saturated heterocycles. The molecule has 1 aliphatic heterocycles. The highest BCUT2D eigenvalue weighted by Crippen LogP contribution is 2.38. The number of ether oxygens (including phenoxy) is 3. The molecular weight excluding hydrogens is 320 g/mol. The average Bonchev–Trinajstić information content (AvgIpc) is 2.59. The van der Waals surface area contributed by atoms with E-state index in [1.54, 1.807) is 6.08 Å². The highest BCUT2D eigenvalue weighted by Gasteiger charge is 2.45. The van der Waals surface area contributed by atoms with E-state index in [0.717, 1.165) is 5.56 Å². The van der Waals surface area contributed by atoms with Crippen LogP contribution in [0.2, 0.25) is 0 Å². The lowest BCUT2D eigenvalue weighted by Gasteiger charge is -2.46. The van der Waals surface area contributed by atoms with Gasteiger partial charge in [-0.05, 0) is 12.0 Å². The molecule has 0 unspecified atom stereocenters. The van der Waals surface area contributed by atoms with Crippen LogP contribution < -0.4 is 0 Å². The van der Waals surface area contributed by atoms with Gasteiger partial charge in [-0.15, -0.1) is 6.58 Å². The van der Waals surface area contributed by atoms with Crippen LogP contribution >= 0.6 is 0 Å². The van der Waals surface area contributed by atoms with Crippen LogP contribution in [-0.2, 0) is 20.8 Å². The normalized spacial score (nSPS) is 27.0. The molecule has 1 fully saturated rings. The second-order valence-corrected chi connectivity index (χ2v) is 7.15. The van der Waals surface area contributed by atoms with Gasteiger partial charge in [-0.1, -0.05) is 50.3 Å². The first-order valence-corrected chi connectivity index (χ1v) is 8.77. The third kappa shape index (κ3) is 5.62. The summed E-state index contributed by atoms with van der Waals surface area (Å²) in [5.74, 6) is 0. The first-order valence-electron chi connectivity index (χ1n) is 8.77. The molecule has 25 heavy (non-hydrogen) atoms. The summed E-state index contributed by atoms with van der Waals surface area (Å²) in [5, 5.41) is 20.7. The van der Waals surface area contributed by atoms with Gasteiger partial charge in [0.1, 0.15) is 12.9 Å². The molecule has 5 heteroatoms. The maximum atomic E-state index is 10.4. The van der Waals surface area contributed by atoms with Crippen molar-refractivity contribution in [2.24, 2.45) is 5.41 Å². The van der Waals surface area contributed by atoms with Crippen LogP contribution in [0.25, 0.3) is 0 Å². The van der Waals surface area contributed by atoms with Crippen LogP contribution in [0.1, 0.15) is 32.3 Å². The molecule has 0 bridgehead atoms. The molecule has 5 nitrogen and oxygen atoms in total. The van der Waals surface area contributed by atoms with Gasteiger partial charge < -0.3 is 24.4 Å². The van der Waals surface area contributed by atoms with Crippen LogP contribution in [0.5, 0.6) is 0 Å². The Balaban J connectivity index is 1.73. The van der Waals surface area contributed by atoms with Crippen LogP contribution in [0.4, 0.5) is 0 Å². The zero-order chi connectivity index (χ0) is 18.3. The average molecular weight is 350 g/mol. The van der Waals surface area contributed by atoms with Crippen molar-refractivity contribution in [3.63, 3.8) is 0 Å². The summed E-state index contributed by atoms with van der Waals surface area (Å²) < 4.78 is 16.8. The number of rotatable bonds is 9. The van der Waals surface area contributed by atoms with E-state index in [9.17, 15) is 10.2 Å². The monoisotopic (exact) mass is 350 g/mol. The number of aliphatic hydroxyl groups excluding tert-OH is 2. The van der Waals surface area contributed by atoms with E-state index in [1.165, 1.54) is 0 Å². The standard InChI is InChI=1S/C20H30O5/c1-4-8-19-20(2,3)18(22)11-17(25-19)16(21)13-24-14-23-12-15-9-6-5-7-10-15/h4-7,9-10,16-19,21-22H,1,8,11-14H2,2-3H3/t16-,17+,18-,19-/m1/s1. The SMILES string of the molecule is C=CC[C@H]1O[C@H]([C@H](O)COCOCc2ccccc2)C[C@@H](O)C1(C)C. The van der Waals surface area contributed by atoms with Crippen molar-refractivity contribution < 1.29 is 24.4 Å². The lowest BCUT2D eigenvalue weighted by Crippen LogP contribution is -2.53. The Morgan fingerprint density at radius 1 is 1.32 bits per heavy atom. The first-order chi connectivity index (χ1) is 11.9. The van der Waals surface area contributed by atoms with Crippen molar-refractivity contribution in [1.29, 1.82) is 0 Å². The topological polar surface area (TPSA) is 68.2 Å². The summed E-state index contributed by atoms with van der Waals surface area (Å²) in [7, 11) is 0. The molecule has 0 radical (unpaired) electrons. The fourth-order valence-corrected chi connectivity index (χ4v) is 3.01. The minimum Gasteiger partial charge on any atom is -0.392 e. The minimum absolute atomic E-state index is 0.100. The summed E-state index contributed by atoms with van der Waals surface area (Å²) in [4.78, 5) is 0. The number of benzene rings is 1. The lowest BCUT2D eigenvalue weighted by atomic mass is 9.74. The van der Waals surface area contributed by atoms with Crippen LogP contribution in [-0.4, -0.2) is 48.0 Å². The smallest absolute Gasteiger partial charge is 0.147 e. The molecule has 0 saturated carbocycles. The molecule has 1 aromatic carbocycles. The summed E-state index contributed by atoms with van der Waals surface area (Å²) in [6.07, 6.45) is 0.815. The van der Waals surface area contributed by atoms with Gasteiger partial charge >= 0.3 is 0 Å². The molecular formula is C20H30O5. The van der Waals surface area contributed by atoms with Gasteiger partial charge in [0, 0.05) is 11.8 Å². The van der Waals surface area contributed by atoms with Crippen molar-refractivity contribution in [3.8, 4) is 0 Å². The van der Waals surface area contributed by atoms with Crippen LogP contribution in [0.15, 0.2) is 43.0 Å². The number of hydrogen-bond donors (Lipinski definition) is 2.